The number of amides is 1. The number of hydrogen-bond donors (Lipinski definition) is 1. The van der Waals surface area contributed by atoms with E-state index in [9.17, 15) is 4.79 Å². The molecule has 1 heterocycles. The molecule has 1 unspecified atom stereocenters. The highest BCUT2D eigenvalue weighted by Crippen LogP contribution is 2.22. The van der Waals surface area contributed by atoms with E-state index < -0.39 is 0 Å². The van der Waals surface area contributed by atoms with Crippen molar-refractivity contribution in [3.05, 3.63) is 94.3 Å². The van der Waals surface area contributed by atoms with Crippen LogP contribution in [0.2, 0.25) is 5.02 Å². The van der Waals surface area contributed by atoms with Gasteiger partial charge in [0.1, 0.15) is 18.2 Å². The number of fused-ring (bicyclic) bond motifs is 1. The van der Waals surface area contributed by atoms with Crippen LogP contribution >= 0.6 is 11.6 Å². The van der Waals surface area contributed by atoms with Crippen LogP contribution in [0.1, 0.15) is 40.3 Å². The molecule has 4 aromatic rings. The Morgan fingerprint density at radius 3 is 2.47 bits per heavy atom. The molecule has 1 atom stereocenters. The highest BCUT2D eigenvalue weighted by atomic mass is 35.5. The molecule has 0 aliphatic rings. The van der Waals surface area contributed by atoms with E-state index in [1.807, 2.05) is 43.3 Å². The summed E-state index contributed by atoms with van der Waals surface area (Å²) in [4.78, 5) is 17.5. The van der Waals surface area contributed by atoms with Crippen LogP contribution in [0, 0.1) is 13.8 Å². The standard InChI is InChI=1S/C26H26ClN3O2/c1-17-14-18(2)16-22(15-17)32-13-12-30-24-7-5-4-6-23(24)29-25(30)19(3)28-26(31)20-8-10-21(27)11-9-20/h4-11,14-16,19H,12-13H2,1-3H3,(H,28,31). The minimum atomic E-state index is -0.285. The molecule has 0 saturated carbocycles. The van der Waals surface area contributed by atoms with Gasteiger partial charge < -0.3 is 14.6 Å². The minimum Gasteiger partial charge on any atom is -0.492 e. The molecular weight excluding hydrogens is 422 g/mol. The van der Waals surface area contributed by atoms with Gasteiger partial charge in [0.15, 0.2) is 0 Å². The van der Waals surface area contributed by atoms with E-state index in [2.05, 4.69) is 29.8 Å². The Labute approximate surface area is 193 Å². The fraction of sp³-hybridized carbons (Fsp3) is 0.231. The van der Waals surface area contributed by atoms with Crippen molar-refractivity contribution in [1.29, 1.82) is 0 Å². The maximum Gasteiger partial charge on any atom is 0.251 e. The molecule has 6 heteroatoms. The normalized spacial score (nSPS) is 12.0. The van der Waals surface area contributed by atoms with Crippen molar-refractivity contribution in [2.45, 2.75) is 33.4 Å². The van der Waals surface area contributed by atoms with Gasteiger partial charge in [-0.25, -0.2) is 4.98 Å². The number of aromatic nitrogens is 2. The largest absolute Gasteiger partial charge is 0.492 e. The molecule has 0 aliphatic carbocycles. The maximum atomic E-state index is 12.7. The molecule has 5 nitrogen and oxygen atoms in total. The molecule has 1 aromatic heterocycles. The molecule has 1 N–H and O–H groups in total. The van der Waals surface area contributed by atoms with Gasteiger partial charge in [-0.3, -0.25) is 4.79 Å². The van der Waals surface area contributed by atoms with Crippen LogP contribution in [-0.4, -0.2) is 22.1 Å². The number of rotatable bonds is 7. The molecule has 0 saturated heterocycles. The van der Waals surface area contributed by atoms with E-state index in [1.54, 1.807) is 24.3 Å². The van der Waals surface area contributed by atoms with Gasteiger partial charge in [-0.05, 0) is 80.4 Å². The molecule has 0 bridgehead atoms. The third kappa shape index (κ3) is 4.94. The smallest absolute Gasteiger partial charge is 0.251 e. The van der Waals surface area contributed by atoms with Crippen LogP contribution in [0.3, 0.4) is 0 Å². The highest BCUT2D eigenvalue weighted by molar-refractivity contribution is 6.30. The molecule has 4 rings (SSSR count). The summed E-state index contributed by atoms with van der Waals surface area (Å²) < 4.78 is 8.15. The number of imidazole rings is 1. The van der Waals surface area contributed by atoms with Gasteiger partial charge >= 0.3 is 0 Å². The van der Waals surface area contributed by atoms with Gasteiger partial charge in [-0.15, -0.1) is 0 Å². The van der Waals surface area contributed by atoms with Gasteiger partial charge in [0, 0.05) is 10.6 Å². The van der Waals surface area contributed by atoms with Crippen molar-refractivity contribution in [3.63, 3.8) is 0 Å². The van der Waals surface area contributed by atoms with Crippen molar-refractivity contribution in [3.8, 4) is 5.75 Å². The lowest BCUT2D eigenvalue weighted by Crippen LogP contribution is -2.29. The summed E-state index contributed by atoms with van der Waals surface area (Å²) in [7, 11) is 0. The first-order valence-electron chi connectivity index (χ1n) is 10.6. The average Bonchev–Trinajstić information content (AvgIpc) is 3.12. The summed E-state index contributed by atoms with van der Waals surface area (Å²) in [5, 5.41) is 3.65. The predicted molar refractivity (Wildman–Crippen MR) is 128 cm³/mol. The maximum absolute atomic E-state index is 12.7. The SMILES string of the molecule is Cc1cc(C)cc(OCCn2c(C(C)NC(=O)c3ccc(Cl)cc3)nc3ccccc32)c1. The molecule has 32 heavy (non-hydrogen) atoms. The molecule has 3 aromatic carbocycles. The van der Waals surface area contributed by atoms with Crippen molar-refractivity contribution in [1.82, 2.24) is 14.9 Å². The number of nitrogens with one attached hydrogen (secondary N) is 1. The lowest BCUT2D eigenvalue weighted by Gasteiger charge is -2.17. The summed E-state index contributed by atoms with van der Waals surface area (Å²) in [6, 6.07) is 20.7. The number of nitrogens with zero attached hydrogens (tertiary/aromatic N) is 2. The summed E-state index contributed by atoms with van der Waals surface area (Å²) in [6.45, 7) is 7.17. The number of hydrogen-bond acceptors (Lipinski definition) is 3. The van der Waals surface area contributed by atoms with E-state index in [0.717, 1.165) is 22.6 Å². The molecule has 164 valence electrons. The molecular formula is C26H26ClN3O2. The summed E-state index contributed by atoms with van der Waals surface area (Å²) >= 11 is 5.94. The first-order chi connectivity index (χ1) is 15.4. The lowest BCUT2D eigenvalue weighted by atomic mass is 10.1. The third-order valence-electron chi connectivity index (χ3n) is 5.30. The number of ether oxygens (including phenoxy) is 1. The van der Waals surface area contributed by atoms with Crippen LogP contribution in [0.4, 0.5) is 0 Å². The Hall–Kier alpha value is -3.31. The molecule has 0 aliphatic heterocycles. The Kier molecular flexibility index (Phi) is 6.47. The van der Waals surface area contributed by atoms with Gasteiger partial charge in [0.2, 0.25) is 0 Å². The minimum absolute atomic E-state index is 0.167. The van der Waals surface area contributed by atoms with Gasteiger partial charge in [0.05, 0.1) is 23.6 Å². The molecule has 0 fully saturated rings. The zero-order chi connectivity index (χ0) is 22.7. The average molecular weight is 448 g/mol. The second kappa shape index (κ2) is 9.45. The van der Waals surface area contributed by atoms with Crippen molar-refractivity contribution >= 4 is 28.5 Å². The Balaban J connectivity index is 1.54. The third-order valence-corrected chi connectivity index (χ3v) is 5.56. The topological polar surface area (TPSA) is 56.1 Å². The Morgan fingerprint density at radius 1 is 1.06 bits per heavy atom. The molecule has 0 radical (unpaired) electrons. The predicted octanol–water partition coefficient (Wildman–Crippen LogP) is 5.88. The van der Waals surface area contributed by atoms with Crippen molar-refractivity contribution in [2.75, 3.05) is 6.61 Å². The van der Waals surface area contributed by atoms with Crippen LogP contribution in [0.5, 0.6) is 5.75 Å². The number of aryl methyl sites for hydroxylation is 2. The second-order valence-corrected chi connectivity index (χ2v) is 8.42. The Bertz CT molecular complexity index is 1230. The zero-order valence-corrected chi connectivity index (χ0v) is 19.2. The van der Waals surface area contributed by atoms with Gasteiger partial charge in [-0.1, -0.05) is 29.8 Å². The van der Waals surface area contributed by atoms with Gasteiger partial charge in [-0.2, -0.15) is 0 Å². The number of para-hydroxylation sites is 2. The number of carbonyl (C=O) groups excluding carboxylic acids is 1. The molecule has 1 amide bonds. The first-order valence-corrected chi connectivity index (χ1v) is 11.0. The fourth-order valence-electron chi connectivity index (χ4n) is 3.88. The lowest BCUT2D eigenvalue weighted by molar-refractivity contribution is 0.0937. The number of benzene rings is 3. The van der Waals surface area contributed by atoms with E-state index in [4.69, 9.17) is 21.3 Å². The molecule has 0 spiro atoms. The summed E-state index contributed by atoms with van der Waals surface area (Å²) in [5.74, 6) is 1.48. The van der Waals surface area contributed by atoms with Crippen LogP contribution in [0.15, 0.2) is 66.7 Å². The van der Waals surface area contributed by atoms with Crippen molar-refractivity contribution in [2.24, 2.45) is 0 Å². The summed E-state index contributed by atoms with van der Waals surface area (Å²) in [6.07, 6.45) is 0. The van der Waals surface area contributed by atoms with Crippen molar-refractivity contribution < 1.29 is 9.53 Å². The van der Waals surface area contributed by atoms with Crippen LogP contribution in [0.25, 0.3) is 11.0 Å². The van der Waals surface area contributed by atoms with E-state index >= 15 is 0 Å². The quantitative estimate of drug-likeness (QED) is 0.385. The second-order valence-electron chi connectivity index (χ2n) is 7.98. The van der Waals surface area contributed by atoms with Gasteiger partial charge in [0.25, 0.3) is 5.91 Å². The van der Waals surface area contributed by atoms with E-state index in [0.29, 0.717) is 23.7 Å². The van der Waals surface area contributed by atoms with E-state index in [1.165, 1.54) is 11.1 Å². The highest BCUT2D eigenvalue weighted by Gasteiger charge is 2.19. The zero-order valence-electron chi connectivity index (χ0n) is 18.4. The fourth-order valence-corrected chi connectivity index (χ4v) is 4.00. The van der Waals surface area contributed by atoms with Crippen LogP contribution < -0.4 is 10.1 Å². The van der Waals surface area contributed by atoms with Crippen LogP contribution in [-0.2, 0) is 6.54 Å². The Morgan fingerprint density at radius 2 is 1.75 bits per heavy atom. The monoisotopic (exact) mass is 447 g/mol. The van der Waals surface area contributed by atoms with E-state index in [-0.39, 0.29) is 11.9 Å². The number of halogens is 1. The number of carbonyl (C=O) groups is 1. The summed E-state index contributed by atoms with van der Waals surface area (Å²) in [5.41, 5.74) is 4.81. The first kappa shape index (κ1) is 21.9.